The fraction of sp³-hybridized carbons (Fsp3) is 0.353. The third kappa shape index (κ3) is 2.79. The van der Waals surface area contributed by atoms with Crippen LogP contribution < -0.4 is 0 Å². The van der Waals surface area contributed by atoms with Crippen molar-refractivity contribution >= 4 is 23.9 Å². The fourth-order valence-electron chi connectivity index (χ4n) is 3.38. The van der Waals surface area contributed by atoms with Gasteiger partial charge in [-0.1, -0.05) is 17.7 Å². The van der Waals surface area contributed by atoms with E-state index < -0.39 is 28.2 Å². The van der Waals surface area contributed by atoms with E-state index in [-0.39, 0.29) is 17.7 Å². The zero-order valence-electron chi connectivity index (χ0n) is 14.0. The van der Waals surface area contributed by atoms with Gasteiger partial charge in [0.05, 0.1) is 19.1 Å². The number of allylic oxidation sites excluding steroid dienone is 2. The van der Waals surface area contributed by atoms with Gasteiger partial charge in [-0.25, -0.2) is 0 Å². The monoisotopic (exact) mass is 347 g/mol. The van der Waals surface area contributed by atoms with Crippen molar-refractivity contribution in [2.24, 2.45) is 5.41 Å². The maximum atomic E-state index is 12.5. The lowest BCUT2D eigenvalue weighted by Crippen LogP contribution is -2.44. The Morgan fingerprint density at radius 3 is 2.12 bits per heavy atom. The number of nitrogens with zero attached hydrogens (tertiary/aromatic N) is 1. The van der Waals surface area contributed by atoms with Crippen molar-refractivity contribution in [1.82, 2.24) is 0 Å². The molecule has 8 heteroatoms. The largest absolute Gasteiger partial charge is 0.468 e. The second-order valence-electron chi connectivity index (χ2n) is 5.77. The van der Waals surface area contributed by atoms with Gasteiger partial charge in [0.15, 0.2) is 5.41 Å². The summed E-state index contributed by atoms with van der Waals surface area (Å²) in [5, 5.41) is 10.8. The summed E-state index contributed by atoms with van der Waals surface area (Å²) in [5.74, 6) is -2.58. The van der Waals surface area contributed by atoms with Gasteiger partial charge in [0.25, 0.3) is 5.69 Å². The van der Waals surface area contributed by atoms with Gasteiger partial charge in [-0.3, -0.25) is 24.5 Å². The van der Waals surface area contributed by atoms with E-state index in [9.17, 15) is 24.5 Å². The third-order valence-corrected chi connectivity index (χ3v) is 4.50. The summed E-state index contributed by atoms with van der Waals surface area (Å²) >= 11 is 0. The number of nitro benzene ring substituents is 1. The molecule has 0 heterocycles. The predicted molar refractivity (Wildman–Crippen MR) is 85.7 cm³/mol. The Labute approximate surface area is 143 Å². The number of rotatable bonds is 5. The smallest absolute Gasteiger partial charge is 0.324 e. The summed E-state index contributed by atoms with van der Waals surface area (Å²) in [6.07, 6.45) is 0.567. The molecular formula is C17H17NO7. The van der Waals surface area contributed by atoms with Gasteiger partial charge in [-0.15, -0.1) is 0 Å². The highest BCUT2D eigenvalue weighted by molar-refractivity contribution is 6.05. The summed E-state index contributed by atoms with van der Waals surface area (Å²) in [6.45, 7) is 1.65. The quantitative estimate of drug-likeness (QED) is 0.263. The number of benzene rings is 1. The van der Waals surface area contributed by atoms with Crippen LogP contribution in [0.2, 0.25) is 0 Å². The number of esters is 2. The molecule has 1 aliphatic rings. The molecule has 0 fully saturated rings. The summed E-state index contributed by atoms with van der Waals surface area (Å²) in [5.41, 5.74) is -0.629. The van der Waals surface area contributed by atoms with Crippen LogP contribution in [0.3, 0.4) is 0 Å². The van der Waals surface area contributed by atoms with E-state index in [2.05, 4.69) is 0 Å². The summed E-state index contributed by atoms with van der Waals surface area (Å²) < 4.78 is 9.65. The van der Waals surface area contributed by atoms with Crippen LogP contribution in [0.25, 0.3) is 0 Å². The van der Waals surface area contributed by atoms with E-state index in [0.29, 0.717) is 17.4 Å². The molecule has 1 atom stereocenters. The summed E-state index contributed by atoms with van der Waals surface area (Å²) in [6, 6.07) is 5.35. The van der Waals surface area contributed by atoms with Crippen LogP contribution >= 0.6 is 0 Å². The molecule has 0 amide bonds. The summed E-state index contributed by atoms with van der Waals surface area (Å²) in [4.78, 5) is 46.9. The van der Waals surface area contributed by atoms with Crippen molar-refractivity contribution in [2.75, 3.05) is 14.2 Å². The maximum Gasteiger partial charge on any atom is 0.324 e. The molecule has 0 saturated heterocycles. The van der Waals surface area contributed by atoms with Crippen molar-refractivity contribution in [3.05, 3.63) is 51.1 Å². The van der Waals surface area contributed by atoms with E-state index in [4.69, 9.17) is 9.47 Å². The van der Waals surface area contributed by atoms with E-state index in [1.165, 1.54) is 24.3 Å². The normalized spacial score (nSPS) is 18.6. The number of nitro groups is 1. The zero-order valence-corrected chi connectivity index (χ0v) is 14.0. The van der Waals surface area contributed by atoms with E-state index in [0.717, 1.165) is 14.2 Å². The first kappa shape index (κ1) is 18.3. The molecule has 2 rings (SSSR count). The second-order valence-corrected chi connectivity index (χ2v) is 5.77. The van der Waals surface area contributed by atoms with Crippen LogP contribution in [0.5, 0.6) is 0 Å². The van der Waals surface area contributed by atoms with Crippen molar-refractivity contribution in [3.8, 4) is 0 Å². The molecule has 8 nitrogen and oxygen atoms in total. The highest BCUT2D eigenvalue weighted by Gasteiger charge is 2.60. The fourth-order valence-corrected chi connectivity index (χ4v) is 3.38. The number of hydrogen-bond acceptors (Lipinski definition) is 7. The Bertz CT molecular complexity index is 748. The van der Waals surface area contributed by atoms with E-state index >= 15 is 0 Å². The molecule has 0 spiro atoms. The van der Waals surface area contributed by atoms with Gasteiger partial charge >= 0.3 is 11.9 Å². The Balaban J connectivity index is 2.68. The highest BCUT2D eigenvalue weighted by atomic mass is 16.6. The third-order valence-electron chi connectivity index (χ3n) is 4.50. The van der Waals surface area contributed by atoms with Crippen LogP contribution in [0.4, 0.5) is 5.69 Å². The van der Waals surface area contributed by atoms with Crippen LogP contribution in [0.1, 0.15) is 24.8 Å². The second kappa shape index (κ2) is 6.84. The highest BCUT2D eigenvalue weighted by Crippen LogP contribution is 2.53. The number of carbonyl (C=O) groups is 3. The maximum absolute atomic E-state index is 12.5. The van der Waals surface area contributed by atoms with Crippen LogP contribution in [-0.4, -0.2) is 37.4 Å². The number of non-ortho nitro benzene ring substituents is 1. The van der Waals surface area contributed by atoms with Gasteiger partial charge < -0.3 is 9.47 Å². The Kier molecular flexibility index (Phi) is 5.01. The molecule has 0 radical (unpaired) electrons. The van der Waals surface area contributed by atoms with Crippen LogP contribution in [0, 0.1) is 15.5 Å². The minimum atomic E-state index is -1.74. The first-order chi connectivity index (χ1) is 11.8. The van der Waals surface area contributed by atoms with Gasteiger partial charge in [-0.05, 0) is 18.9 Å². The molecule has 0 N–H and O–H groups in total. The average molecular weight is 347 g/mol. The first-order valence-electron chi connectivity index (χ1n) is 7.39. The van der Waals surface area contributed by atoms with Gasteiger partial charge in [0, 0.05) is 23.6 Å². The molecule has 0 saturated carbocycles. The number of carbonyl (C=O) groups excluding carboxylic acids is 3. The van der Waals surface area contributed by atoms with E-state index in [1.807, 2.05) is 0 Å². The number of ether oxygens (including phenoxy) is 2. The molecule has 132 valence electrons. The van der Waals surface area contributed by atoms with E-state index in [1.54, 1.807) is 6.92 Å². The topological polar surface area (TPSA) is 113 Å². The molecule has 0 aromatic heterocycles. The van der Waals surface area contributed by atoms with Crippen LogP contribution in [0.15, 0.2) is 35.4 Å². The standard InChI is InChI=1S/C17H17NO7/c1-10-8-17(15(20)24-2,16(21)25-3)14(13(10)9-19)11-4-6-12(7-5-11)18(22)23/h4-7,9,14H,8H2,1-3H3/t14-/m1/s1. The predicted octanol–water partition coefficient (Wildman–Crippen LogP) is 1.93. The minimum absolute atomic E-state index is 0.0257. The Morgan fingerprint density at radius 1 is 1.20 bits per heavy atom. The number of aldehydes is 1. The minimum Gasteiger partial charge on any atom is -0.468 e. The molecular weight excluding hydrogens is 330 g/mol. The van der Waals surface area contributed by atoms with Crippen molar-refractivity contribution < 1.29 is 28.8 Å². The van der Waals surface area contributed by atoms with Crippen molar-refractivity contribution in [2.45, 2.75) is 19.3 Å². The lowest BCUT2D eigenvalue weighted by atomic mass is 9.71. The Morgan fingerprint density at radius 2 is 1.72 bits per heavy atom. The molecule has 1 aromatic rings. The molecule has 0 bridgehead atoms. The molecule has 1 aromatic carbocycles. The van der Waals surface area contributed by atoms with Gasteiger partial charge in [-0.2, -0.15) is 0 Å². The molecule has 1 aliphatic carbocycles. The summed E-state index contributed by atoms with van der Waals surface area (Å²) in [7, 11) is 2.29. The zero-order chi connectivity index (χ0) is 18.8. The van der Waals surface area contributed by atoms with Crippen LogP contribution in [-0.2, 0) is 23.9 Å². The SMILES string of the molecule is COC(=O)C1(C(=O)OC)CC(C)=C(C=O)[C@H]1c1ccc([N+](=O)[O-])cc1. The molecule has 25 heavy (non-hydrogen) atoms. The van der Waals surface area contributed by atoms with Crippen molar-refractivity contribution in [3.63, 3.8) is 0 Å². The Hall–Kier alpha value is -3.03. The lowest BCUT2D eigenvalue weighted by molar-refractivity contribution is -0.384. The van der Waals surface area contributed by atoms with Gasteiger partial charge in [0.1, 0.15) is 6.29 Å². The number of methoxy groups -OCH3 is 2. The van der Waals surface area contributed by atoms with Crippen molar-refractivity contribution in [1.29, 1.82) is 0 Å². The van der Waals surface area contributed by atoms with Gasteiger partial charge in [0.2, 0.25) is 0 Å². The first-order valence-corrected chi connectivity index (χ1v) is 7.39. The average Bonchev–Trinajstić information content (AvgIpc) is 2.93. The molecule has 0 unspecified atom stereocenters. The number of hydrogen-bond donors (Lipinski definition) is 0. The lowest BCUT2D eigenvalue weighted by Gasteiger charge is -2.31. The molecule has 0 aliphatic heterocycles.